The van der Waals surface area contributed by atoms with E-state index in [0.717, 1.165) is 11.6 Å². The van der Waals surface area contributed by atoms with Gasteiger partial charge in [0, 0.05) is 19.3 Å². The average Bonchev–Trinajstić information content (AvgIpc) is 2.33. The molecule has 0 atom stereocenters. The number of hydrogen-bond acceptors (Lipinski definition) is 3. The van der Waals surface area contributed by atoms with Crippen LogP contribution < -0.4 is 0 Å². The lowest BCUT2D eigenvalue weighted by Crippen LogP contribution is -2.16. The predicted octanol–water partition coefficient (Wildman–Crippen LogP) is 3.41. The van der Waals surface area contributed by atoms with Crippen molar-refractivity contribution in [1.29, 1.82) is 0 Å². The zero-order valence-corrected chi connectivity index (χ0v) is 11.8. The molecule has 96 valence electrons. The van der Waals surface area contributed by atoms with Gasteiger partial charge in [-0.2, -0.15) is 5.10 Å². The van der Waals surface area contributed by atoms with Crippen molar-refractivity contribution in [3.63, 3.8) is 0 Å². The number of ketones is 1. The summed E-state index contributed by atoms with van der Waals surface area (Å²) in [5, 5.41) is 5.53. The minimum atomic E-state index is -1.93. The van der Waals surface area contributed by atoms with Gasteiger partial charge in [0.1, 0.15) is 0 Å². The molecule has 0 N–H and O–H groups in total. The summed E-state index contributed by atoms with van der Waals surface area (Å²) in [5.74, 6) is -0.616. The fraction of sp³-hybridized carbons (Fsp3) is 0.167. The Balaban J connectivity index is 2.57. The van der Waals surface area contributed by atoms with E-state index in [1.165, 1.54) is 11.2 Å². The molecule has 1 aromatic rings. The van der Waals surface area contributed by atoms with E-state index < -0.39 is 9.58 Å². The number of allylic oxidation sites excluding steroid dienone is 1. The lowest BCUT2D eigenvalue weighted by molar-refractivity contribution is -0.113. The summed E-state index contributed by atoms with van der Waals surface area (Å²) in [7, 11) is 1.67. The number of hydrazone groups is 1. The van der Waals surface area contributed by atoms with E-state index in [1.807, 2.05) is 30.3 Å². The van der Waals surface area contributed by atoms with Gasteiger partial charge >= 0.3 is 0 Å². The first-order valence-electron chi connectivity index (χ1n) is 5.01. The molecule has 0 aliphatic heterocycles. The third-order valence-corrected chi connectivity index (χ3v) is 2.47. The van der Waals surface area contributed by atoms with E-state index in [0.29, 0.717) is 0 Å². The van der Waals surface area contributed by atoms with Crippen LogP contribution in [0.2, 0.25) is 0 Å². The van der Waals surface area contributed by atoms with Gasteiger partial charge in [0.2, 0.25) is 5.78 Å². The minimum absolute atomic E-state index is 0.616. The number of hydrogen-bond donors (Lipinski definition) is 0. The molecule has 0 radical (unpaired) electrons. The molecule has 0 saturated heterocycles. The number of nitrogens with zero attached hydrogens (tertiary/aromatic N) is 2. The van der Waals surface area contributed by atoms with Crippen molar-refractivity contribution in [1.82, 2.24) is 5.01 Å². The molecule has 18 heavy (non-hydrogen) atoms. The molecule has 0 fully saturated rings. The van der Waals surface area contributed by atoms with Crippen LogP contribution in [0.5, 0.6) is 0 Å². The predicted molar refractivity (Wildman–Crippen MR) is 76.2 cm³/mol. The molecule has 0 bridgehead atoms. The largest absolute Gasteiger partial charge is 0.290 e. The lowest BCUT2D eigenvalue weighted by Gasteiger charge is -2.08. The van der Waals surface area contributed by atoms with Crippen LogP contribution in [-0.4, -0.2) is 27.8 Å². The van der Waals surface area contributed by atoms with Gasteiger partial charge in [0.25, 0.3) is 3.79 Å². The summed E-state index contributed by atoms with van der Waals surface area (Å²) in [5.41, 5.74) is 0.949. The van der Waals surface area contributed by atoms with Crippen LogP contribution in [0.4, 0.5) is 0 Å². The van der Waals surface area contributed by atoms with Crippen LogP contribution in [0.1, 0.15) is 5.56 Å². The summed E-state index contributed by atoms with van der Waals surface area (Å²) in [6, 6.07) is 9.55. The fourth-order valence-corrected chi connectivity index (χ4v) is 1.19. The van der Waals surface area contributed by atoms with Gasteiger partial charge in [-0.1, -0.05) is 65.1 Å². The monoisotopic (exact) mass is 304 g/mol. The molecule has 0 aromatic heterocycles. The highest BCUT2D eigenvalue weighted by Gasteiger charge is 2.27. The summed E-state index contributed by atoms with van der Waals surface area (Å²) < 4.78 is -1.93. The van der Waals surface area contributed by atoms with Crippen molar-refractivity contribution in [3.05, 3.63) is 48.2 Å². The van der Waals surface area contributed by atoms with Gasteiger partial charge in [-0.25, -0.2) is 0 Å². The maximum absolute atomic E-state index is 11.3. The zero-order valence-electron chi connectivity index (χ0n) is 9.56. The topological polar surface area (TPSA) is 32.7 Å². The molecule has 1 aromatic carbocycles. The normalized spacial score (nSPS) is 12.2. The molecular weight excluding hydrogens is 295 g/mol. The highest BCUT2D eigenvalue weighted by molar-refractivity contribution is 6.77. The van der Waals surface area contributed by atoms with Crippen molar-refractivity contribution in [3.8, 4) is 0 Å². The van der Waals surface area contributed by atoms with Crippen LogP contribution in [0, 0.1) is 0 Å². The first kappa shape index (κ1) is 15.0. The molecule has 0 unspecified atom stereocenters. The standard InChI is InChI=1S/C12H11Cl3N2O/c1-17(8-7-11(18)12(13,14)15)16-9-10-5-3-2-4-6-10/h2-9H,1H3/b8-7+,16-9+. The highest BCUT2D eigenvalue weighted by Crippen LogP contribution is 2.27. The Bertz CT molecular complexity index is 452. The zero-order chi connectivity index (χ0) is 13.6. The Hall–Kier alpha value is -1.03. The quantitative estimate of drug-likeness (QED) is 0.370. The van der Waals surface area contributed by atoms with Crippen molar-refractivity contribution in [2.45, 2.75) is 3.79 Å². The van der Waals surface area contributed by atoms with Gasteiger partial charge in [0.05, 0.1) is 6.21 Å². The van der Waals surface area contributed by atoms with Crippen molar-refractivity contribution in [2.24, 2.45) is 5.10 Å². The first-order chi connectivity index (χ1) is 8.39. The van der Waals surface area contributed by atoms with Gasteiger partial charge in [-0.15, -0.1) is 0 Å². The molecule has 0 heterocycles. The van der Waals surface area contributed by atoms with E-state index in [-0.39, 0.29) is 0 Å². The van der Waals surface area contributed by atoms with Gasteiger partial charge in [-0.05, 0) is 5.56 Å². The second-order valence-electron chi connectivity index (χ2n) is 3.41. The number of halogens is 3. The molecular formula is C12H11Cl3N2O. The van der Waals surface area contributed by atoms with Gasteiger partial charge in [0.15, 0.2) is 0 Å². The summed E-state index contributed by atoms with van der Waals surface area (Å²) in [6.07, 6.45) is 4.24. The molecule has 0 saturated carbocycles. The highest BCUT2D eigenvalue weighted by atomic mass is 35.6. The van der Waals surface area contributed by atoms with E-state index >= 15 is 0 Å². The minimum Gasteiger partial charge on any atom is -0.290 e. The molecule has 6 heteroatoms. The number of rotatable bonds is 4. The third-order valence-electron chi connectivity index (χ3n) is 1.91. The molecule has 0 spiro atoms. The van der Waals surface area contributed by atoms with Crippen LogP contribution in [0.3, 0.4) is 0 Å². The SMILES string of the molecule is CN(/C=C/C(=O)C(Cl)(Cl)Cl)/N=C/c1ccccc1. The summed E-state index contributed by atoms with van der Waals surface area (Å²) >= 11 is 16.2. The van der Waals surface area contributed by atoms with Crippen molar-refractivity contribution < 1.29 is 4.79 Å². The summed E-state index contributed by atoms with van der Waals surface area (Å²) in [6.45, 7) is 0. The molecule has 0 aliphatic rings. The first-order valence-corrected chi connectivity index (χ1v) is 6.14. The van der Waals surface area contributed by atoms with E-state index in [2.05, 4.69) is 5.10 Å². The Labute approximate surface area is 121 Å². The Kier molecular flexibility index (Phi) is 5.66. The number of carbonyl (C=O) groups excluding carboxylic acids is 1. The van der Waals surface area contributed by atoms with Gasteiger partial charge < -0.3 is 0 Å². The Morgan fingerprint density at radius 2 is 1.89 bits per heavy atom. The second-order valence-corrected chi connectivity index (χ2v) is 5.69. The second kappa shape index (κ2) is 6.78. The smallest absolute Gasteiger partial charge is 0.252 e. The van der Waals surface area contributed by atoms with Crippen LogP contribution in [0.15, 0.2) is 47.7 Å². The molecule has 0 amide bonds. The molecule has 0 aliphatic carbocycles. The number of benzene rings is 1. The summed E-state index contributed by atoms with van der Waals surface area (Å²) in [4.78, 5) is 11.3. The average molecular weight is 306 g/mol. The third kappa shape index (κ3) is 5.54. The van der Waals surface area contributed by atoms with Crippen LogP contribution in [0.25, 0.3) is 0 Å². The van der Waals surface area contributed by atoms with Crippen LogP contribution >= 0.6 is 34.8 Å². The number of carbonyl (C=O) groups is 1. The van der Waals surface area contributed by atoms with Gasteiger partial charge in [-0.3, -0.25) is 9.80 Å². The maximum Gasteiger partial charge on any atom is 0.252 e. The Morgan fingerprint density at radius 1 is 1.28 bits per heavy atom. The van der Waals surface area contributed by atoms with E-state index in [4.69, 9.17) is 34.8 Å². The lowest BCUT2D eigenvalue weighted by atomic mass is 10.2. The number of alkyl halides is 3. The molecule has 1 rings (SSSR count). The fourth-order valence-electron chi connectivity index (χ4n) is 1.01. The Morgan fingerprint density at radius 3 is 2.44 bits per heavy atom. The van der Waals surface area contributed by atoms with Crippen LogP contribution in [-0.2, 0) is 4.79 Å². The van der Waals surface area contributed by atoms with E-state index in [9.17, 15) is 4.79 Å². The van der Waals surface area contributed by atoms with E-state index in [1.54, 1.807) is 13.3 Å². The maximum atomic E-state index is 11.3. The van der Waals surface area contributed by atoms with Crippen molar-refractivity contribution >= 4 is 46.8 Å². The van der Waals surface area contributed by atoms with Crippen molar-refractivity contribution in [2.75, 3.05) is 7.05 Å². The molecule has 3 nitrogen and oxygen atoms in total.